The second-order valence-corrected chi connectivity index (χ2v) is 4.79. The molecule has 0 aromatic heterocycles. The Balaban J connectivity index is 2.10. The first-order chi connectivity index (χ1) is 9.22. The van der Waals surface area contributed by atoms with Gasteiger partial charge in [0.2, 0.25) is 0 Å². The molecule has 19 heavy (non-hydrogen) atoms. The average molecular weight is 268 g/mol. The van der Waals surface area contributed by atoms with E-state index in [2.05, 4.69) is 19.1 Å². The van der Waals surface area contributed by atoms with Crippen LogP contribution in [0.5, 0.6) is 0 Å². The Kier molecular flexibility index (Phi) is 4.58. The summed E-state index contributed by atoms with van der Waals surface area (Å²) in [5, 5.41) is 1.57. The van der Waals surface area contributed by atoms with Crippen molar-refractivity contribution >= 4 is 23.4 Å². The molecule has 0 heterocycles. The predicted molar refractivity (Wildman–Crippen MR) is 83.0 cm³/mol. The largest absolute Gasteiger partial charge is 0.294 e. The van der Waals surface area contributed by atoms with Gasteiger partial charge in [-0.2, -0.15) is 0 Å². The van der Waals surface area contributed by atoms with Crippen molar-refractivity contribution < 1.29 is 4.79 Å². The standard InChI is InChI=1S/C17H16OS/c1-13-6-2-3-7-14(13)10-11-17(18)16-9-5-4-8-15(16)12-19/h2-9,12H,10-11H2,1H3. The Morgan fingerprint density at radius 3 is 2.53 bits per heavy atom. The van der Waals surface area contributed by atoms with Gasteiger partial charge in [0.25, 0.3) is 0 Å². The smallest absolute Gasteiger partial charge is 0.163 e. The zero-order valence-electron chi connectivity index (χ0n) is 10.9. The molecule has 2 aromatic rings. The van der Waals surface area contributed by atoms with Gasteiger partial charge in [0.05, 0.1) is 0 Å². The molecule has 2 heteroatoms. The minimum absolute atomic E-state index is 0.153. The van der Waals surface area contributed by atoms with Crippen LogP contribution in [0.3, 0.4) is 0 Å². The van der Waals surface area contributed by atoms with Gasteiger partial charge in [-0.15, -0.1) is 0 Å². The van der Waals surface area contributed by atoms with Crippen molar-refractivity contribution in [2.75, 3.05) is 0 Å². The SMILES string of the molecule is Cc1ccccc1CCC(=O)c1ccccc1C=S. The molecule has 0 saturated heterocycles. The fourth-order valence-electron chi connectivity index (χ4n) is 2.13. The monoisotopic (exact) mass is 268 g/mol. The zero-order valence-corrected chi connectivity index (χ0v) is 11.7. The summed E-state index contributed by atoms with van der Waals surface area (Å²) in [6, 6.07) is 15.7. The Bertz CT molecular complexity index is 602. The molecule has 2 aromatic carbocycles. The molecule has 0 aliphatic heterocycles. The van der Waals surface area contributed by atoms with Gasteiger partial charge in [0.1, 0.15) is 0 Å². The van der Waals surface area contributed by atoms with E-state index >= 15 is 0 Å². The summed E-state index contributed by atoms with van der Waals surface area (Å²) in [7, 11) is 0. The van der Waals surface area contributed by atoms with Crippen LogP contribution in [0.15, 0.2) is 48.5 Å². The summed E-state index contributed by atoms with van der Waals surface area (Å²) in [6.07, 6.45) is 1.29. The van der Waals surface area contributed by atoms with Gasteiger partial charge in [-0.25, -0.2) is 0 Å². The lowest BCUT2D eigenvalue weighted by atomic mass is 9.97. The number of benzene rings is 2. The Morgan fingerprint density at radius 2 is 1.79 bits per heavy atom. The molecule has 0 aliphatic rings. The van der Waals surface area contributed by atoms with Gasteiger partial charge in [0, 0.05) is 17.4 Å². The number of hydrogen-bond acceptors (Lipinski definition) is 2. The third-order valence-corrected chi connectivity index (χ3v) is 3.52. The molecule has 0 N–H and O–H groups in total. The third-order valence-electron chi connectivity index (χ3n) is 3.27. The topological polar surface area (TPSA) is 17.1 Å². The highest BCUT2D eigenvalue weighted by Gasteiger charge is 2.10. The highest BCUT2D eigenvalue weighted by molar-refractivity contribution is 7.79. The molecule has 2 rings (SSSR count). The summed E-state index contributed by atoms with van der Waals surface area (Å²) in [5.74, 6) is 0.153. The van der Waals surface area contributed by atoms with Crippen LogP contribution < -0.4 is 0 Å². The van der Waals surface area contributed by atoms with E-state index in [1.807, 2.05) is 36.4 Å². The molecular weight excluding hydrogens is 252 g/mol. The third kappa shape index (κ3) is 3.36. The van der Waals surface area contributed by atoms with Crippen molar-refractivity contribution in [3.8, 4) is 0 Å². The summed E-state index contributed by atoms with van der Waals surface area (Å²) in [5.41, 5.74) is 4.03. The van der Waals surface area contributed by atoms with Crippen molar-refractivity contribution in [2.24, 2.45) is 0 Å². The second kappa shape index (κ2) is 6.39. The molecular formula is C17H16OS. The van der Waals surface area contributed by atoms with E-state index in [1.54, 1.807) is 5.37 Å². The van der Waals surface area contributed by atoms with Crippen LogP contribution in [-0.2, 0) is 6.42 Å². The second-order valence-electron chi connectivity index (χ2n) is 4.55. The fourth-order valence-corrected chi connectivity index (χ4v) is 2.33. The maximum Gasteiger partial charge on any atom is 0.163 e. The molecule has 0 radical (unpaired) electrons. The average Bonchev–Trinajstić information content (AvgIpc) is 2.46. The van der Waals surface area contributed by atoms with Gasteiger partial charge < -0.3 is 0 Å². The van der Waals surface area contributed by atoms with Crippen LogP contribution >= 0.6 is 12.2 Å². The molecule has 0 spiro atoms. The quantitative estimate of drug-likeness (QED) is 0.598. The van der Waals surface area contributed by atoms with Crippen LogP contribution in [0.2, 0.25) is 0 Å². The highest BCUT2D eigenvalue weighted by Crippen LogP contribution is 2.14. The maximum absolute atomic E-state index is 12.2. The number of Topliss-reactive ketones (excluding diaryl/α,β-unsaturated/α-hetero) is 1. The number of carbonyl (C=O) groups excluding carboxylic acids is 1. The van der Waals surface area contributed by atoms with E-state index in [-0.39, 0.29) is 5.78 Å². The lowest BCUT2D eigenvalue weighted by Gasteiger charge is -2.06. The molecule has 0 unspecified atom stereocenters. The number of ketones is 1. The van der Waals surface area contributed by atoms with E-state index in [0.717, 1.165) is 17.5 Å². The number of carbonyl (C=O) groups is 1. The number of hydrogen-bond donors (Lipinski definition) is 0. The van der Waals surface area contributed by atoms with Crippen LogP contribution in [0.1, 0.15) is 33.5 Å². The first kappa shape index (κ1) is 13.6. The van der Waals surface area contributed by atoms with Crippen molar-refractivity contribution in [3.63, 3.8) is 0 Å². The zero-order chi connectivity index (χ0) is 13.7. The molecule has 0 bridgehead atoms. The van der Waals surface area contributed by atoms with Gasteiger partial charge >= 0.3 is 0 Å². The summed E-state index contributed by atoms with van der Waals surface area (Å²) in [4.78, 5) is 12.2. The van der Waals surface area contributed by atoms with Crippen LogP contribution in [0.25, 0.3) is 0 Å². The minimum Gasteiger partial charge on any atom is -0.294 e. The molecule has 96 valence electrons. The Hall–Kier alpha value is -1.80. The Labute approximate surface area is 119 Å². The molecule has 0 saturated carbocycles. The van der Waals surface area contributed by atoms with Crippen molar-refractivity contribution in [1.82, 2.24) is 0 Å². The van der Waals surface area contributed by atoms with E-state index in [1.165, 1.54) is 11.1 Å². The van der Waals surface area contributed by atoms with Crippen molar-refractivity contribution in [2.45, 2.75) is 19.8 Å². The van der Waals surface area contributed by atoms with E-state index in [0.29, 0.717) is 6.42 Å². The first-order valence-corrected chi connectivity index (χ1v) is 6.81. The predicted octanol–water partition coefficient (Wildman–Crippen LogP) is 4.16. The van der Waals surface area contributed by atoms with Crippen LogP contribution in [-0.4, -0.2) is 11.2 Å². The molecule has 1 nitrogen and oxygen atoms in total. The maximum atomic E-state index is 12.2. The summed E-state index contributed by atoms with van der Waals surface area (Å²) >= 11 is 4.95. The molecule has 0 aliphatic carbocycles. The molecule has 0 atom stereocenters. The number of aryl methyl sites for hydroxylation is 2. The van der Waals surface area contributed by atoms with Crippen molar-refractivity contribution in [1.29, 1.82) is 0 Å². The normalized spacial score (nSPS) is 10.2. The molecule has 0 fully saturated rings. The van der Waals surface area contributed by atoms with Crippen molar-refractivity contribution in [3.05, 3.63) is 70.8 Å². The lowest BCUT2D eigenvalue weighted by molar-refractivity contribution is 0.0983. The van der Waals surface area contributed by atoms with Crippen LogP contribution in [0, 0.1) is 6.92 Å². The Morgan fingerprint density at radius 1 is 1.11 bits per heavy atom. The van der Waals surface area contributed by atoms with Gasteiger partial charge in [-0.1, -0.05) is 60.7 Å². The number of rotatable bonds is 5. The van der Waals surface area contributed by atoms with Gasteiger partial charge in [-0.3, -0.25) is 4.79 Å². The molecule has 0 amide bonds. The minimum atomic E-state index is 0.153. The summed E-state index contributed by atoms with van der Waals surface area (Å²) in [6.45, 7) is 2.07. The van der Waals surface area contributed by atoms with E-state index in [4.69, 9.17) is 12.2 Å². The van der Waals surface area contributed by atoms with Crippen LogP contribution in [0.4, 0.5) is 0 Å². The summed E-state index contributed by atoms with van der Waals surface area (Å²) < 4.78 is 0. The lowest BCUT2D eigenvalue weighted by Crippen LogP contribution is -2.05. The fraction of sp³-hybridized carbons (Fsp3) is 0.176. The van der Waals surface area contributed by atoms with E-state index in [9.17, 15) is 4.79 Å². The van der Waals surface area contributed by atoms with Gasteiger partial charge in [0.15, 0.2) is 5.78 Å². The highest BCUT2D eigenvalue weighted by atomic mass is 32.1. The van der Waals surface area contributed by atoms with E-state index < -0.39 is 0 Å². The first-order valence-electron chi connectivity index (χ1n) is 6.34. The number of thiocarbonyl (C=S) groups is 1. The van der Waals surface area contributed by atoms with Gasteiger partial charge in [-0.05, 0) is 30.0 Å².